The van der Waals surface area contributed by atoms with Gasteiger partial charge in [0.25, 0.3) is 5.56 Å². The predicted molar refractivity (Wildman–Crippen MR) is 70.4 cm³/mol. The van der Waals surface area contributed by atoms with Crippen LogP contribution in [0.15, 0.2) is 16.9 Å². The molecule has 5 heteroatoms. The van der Waals surface area contributed by atoms with Crippen LogP contribution in [0.25, 0.3) is 0 Å². The summed E-state index contributed by atoms with van der Waals surface area (Å²) >= 11 is 0. The Kier molecular flexibility index (Phi) is 2.77. The minimum Gasteiger partial charge on any atom is -0.508 e. The predicted octanol–water partition coefficient (Wildman–Crippen LogP) is 1.93. The molecular weight excluding hydrogens is 246 g/mol. The van der Waals surface area contributed by atoms with Gasteiger partial charge in [-0.15, -0.1) is 0 Å². The third kappa shape index (κ3) is 1.93. The van der Waals surface area contributed by atoms with Crippen molar-refractivity contribution in [3.8, 4) is 5.75 Å². The summed E-state index contributed by atoms with van der Waals surface area (Å²) in [5.41, 5.74) is -0.500. The average Bonchev–Trinajstić information content (AvgIpc) is 2.63. The number of pyridine rings is 1. The Morgan fingerprint density at radius 3 is 2.21 bits per heavy atom. The number of carbonyl (C=O) groups is 1. The second-order valence-corrected chi connectivity index (χ2v) is 6.35. The summed E-state index contributed by atoms with van der Waals surface area (Å²) in [5, 5.41) is 18.5. The van der Waals surface area contributed by atoms with Gasteiger partial charge in [0, 0.05) is 18.7 Å². The zero-order valence-electron chi connectivity index (χ0n) is 11.6. The second kappa shape index (κ2) is 3.85. The summed E-state index contributed by atoms with van der Waals surface area (Å²) in [7, 11) is 0. The lowest BCUT2D eigenvalue weighted by Gasteiger charge is -2.11. The van der Waals surface area contributed by atoms with Gasteiger partial charge < -0.3 is 14.8 Å². The monoisotopic (exact) mass is 265 g/mol. The van der Waals surface area contributed by atoms with E-state index in [1.54, 1.807) is 0 Å². The van der Waals surface area contributed by atoms with E-state index >= 15 is 0 Å². The topological polar surface area (TPSA) is 79.5 Å². The molecule has 0 spiro atoms. The molecule has 1 fully saturated rings. The summed E-state index contributed by atoms with van der Waals surface area (Å²) in [5.74, 6) is -1.28. The lowest BCUT2D eigenvalue weighted by Crippen LogP contribution is -2.26. The van der Waals surface area contributed by atoms with Gasteiger partial charge in [0.2, 0.25) is 0 Å². The molecular formula is C14H19NO4. The van der Waals surface area contributed by atoms with Crippen LogP contribution in [0.2, 0.25) is 0 Å². The summed E-state index contributed by atoms with van der Waals surface area (Å²) in [6.45, 7) is 8.82. The molecule has 1 aromatic heterocycles. The summed E-state index contributed by atoms with van der Waals surface area (Å²) < 4.78 is 1.24. The fourth-order valence-electron chi connectivity index (χ4n) is 2.92. The van der Waals surface area contributed by atoms with E-state index in [1.165, 1.54) is 4.57 Å². The molecule has 1 aliphatic carbocycles. The number of carboxylic acids is 1. The number of rotatable bonds is 3. The van der Waals surface area contributed by atoms with Crippen LogP contribution in [0, 0.1) is 16.7 Å². The van der Waals surface area contributed by atoms with E-state index in [0.29, 0.717) is 6.54 Å². The Morgan fingerprint density at radius 2 is 1.79 bits per heavy atom. The van der Waals surface area contributed by atoms with E-state index in [4.69, 9.17) is 5.11 Å². The molecule has 1 saturated carbocycles. The molecule has 0 aromatic carbocycles. The van der Waals surface area contributed by atoms with Gasteiger partial charge in [0.1, 0.15) is 11.4 Å². The highest BCUT2D eigenvalue weighted by atomic mass is 16.4. The molecule has 19 heavy (non-hydrogen) atoms. The third-order valence-corrected chi connectivity index (χ3v) is 5.02. The highest BCUT2D eigenvalue weighted by Gasteiger charge is 2.64. The van der Waals surface area contributed by atoms with Crippen LogP contribution < -0.4 is 5.56 Å². The van der Waals surface area contributed by atoms with Gasteiger partial charge in [-0.1, -0.05) is 27.7 Å². The highest BCUT2D eigenvalue weighted by Crippen LogP contribution is 2.68. The van der Waals surface area contributed by atoms with E-state index < -0.39 is 11.5 Å². The zero-order valence-corrected chi connectivity index (χ0v) is 11.6. The molecule has 0 bridgehead atoms. The van der Waals surface area contributed by atoms with Crippen molar-refractivity contribution in [2.24, 2.45) is 16.7 Å². The molecule has 2 rings (SSSR count). The van der Waals surface area contributed by atoms with Crippen molar-refractivity contribution in [3.63, 3.8) is 0 Å². The normalized spacial score (nSPS) is 20.2. The van der Waals surface area contributed by atoms with Crippen molar-refractivity contribution in [3.05, 3.63) is 28.2 Å². The van der Waals surface area contributed by atoms with Crippen LogP contribution in [0.1, 0.15) is 38.2 Å². The Balaban J connectivity index is 2.42. The number of aromatic hydroxyl groups is 1. The first-order valence-corrected chi connectivity index (χ1v) is 6.26. The quantitative estimate of drug-likeness (QED) is 0.875. The van der Waals surface area contributed by atoms with Gasteiger partial charge in [-0.25, -0.2) is 4.79 Å². The molecule has 0 aliphatic heterocycles. The smallest absolute Gasteiger partial charge is 0.352 e. The van der Waals surface area contributed by atoms with E-state index in [9.17, 15) is 14.7 Å². The van der Waals surface area contributed by atoms with E-state index in [1.807, 2.05) is 0 Å². The fourth-order valence-corrected chi connectivity index (χ4v) is 2.92. The standard InChI is InChI=1S/C14H19NO4/c1-13(2)10(14(13,3)4)7-15-9(12(18)19)5-8(16)6-11(15)17/h5-6,10,16H,7H2,1-4H3,(H,18,19). The number of hydrogen-bond acceptors (Lipinski definition) is 3. The van der Waals surface area contributed by atoms with Gasteiger partial charge in [0.15, 0.2) is 0 Å². The Bertz CT molecular complexity index is 584. The molecule has 0 unspecified atom stereocenters. The molecule has 5 nitrogen and oxygen atoms in total. The molecule has 1 aromatic rings. The lowest BCUT2D eigenvalue weighted by molar-refractivity contribution is 0.0681. The summed E-state index contributed by atoms with van der Waals surface area (Å²) in [6, 6.07) is 2.17. The first kappa shape index (κ1) is 13.6. The fraction of sp³-hybridized carbons (Fsp3) is 0.571. The molecule has 104 valence electrons. The van der Waals surface area contributed by atoms with Crippen LogP contribution in [0.4, 0.5) is 0 Å². The number of aromatic nitrogens is 1. The molecule has 0 atom stereocenters. The molecule has 0 radical (unpaired) electrons. The van der Waals surface area contributed by atoms with Crippen molar-refractivity contribution >= 4 is 5.97 Å². The van der Waals surface area contributed by atoms with E-state index in [-0.39, 0.29) is 28.2 Å². The minimum atomic E-state index is -1.20. The second-order valence-electron chi connectivity index (χ2n) is 6.35. The molecule has 2 N–H and O–H groups in total. The molecule has 1 aliphatic rings. The number of carboxylic acid groups (broad SMARTS) is 1. The number of hydrogen-bond donors (Lipinski definition) is 2. The SMILES string of the molecule is CC1(C)C(Cn2c(C(=O)O)cc(O)cc2=O)C1(C)C. The van der Waals surface area contributed by atoms with Crippen molar-refractivity contribution in [1.82, 2.24) is 4.57 Å². The Hall–Kier alpha value is -1.78. The minimum absolute atomic E-state index is 0.0695. The van der Waals surface area contributed by atoms with Gasteiger partial charge >= 0.3 is 5.97 Å². The van der Waals surface area contributed by atoms with Crippen molar-refractivity contribution in [1.29, 1.82) is 0 Å². The lowest BCUT2D eigenvalue weighted by atomic mass is 10.0. The van der Waals surface area contributed by atoms with E-state index in [0.717, 1.165) is 12.1 Å². The first-order chi connectivity index (χ1) is 8.59. The van der Waals surface area contributed by atoms with Gasteiger partial charge in [-0.05, 0) is 16.7 Å². The zero-order chi connectivity index (χ0) is 14.6. The van der Waals surface area contributed by atoms with E-state index in [2.05, 4.69) is 27.7 Å². The van der Waals surface area contributed by atoms with Crippen molar-refractivity contribution in [2.45, 2.75) is 34.2 Å². The van der Waals surface area contributed by atoms with Crippen LogP contribution in [-0.2, 0) is 6.54 Å². The average molecular weight is 265 g/mol. The highest BCUT2D eigenvalue weighted by molar-refractivity contribution is 5.86. The molecule has 0 amide bonds. The molecule has 0 saturated heterocycles. The van der Waals surface area contributed by atoms with Gasteiger partial charge in [0.05, 0.1) is 0 Å². The third-order valence-electron chi connectivity index (χ3n) is 5.02. The van der Waals surface area contributed by atoms with Crippen LogP contribution in [0.5, 0.6) is 5.75 Å². The maximum absolute atomic E-state index is 11.9. The van der Waals surface area contributed by atoms with Gasteiger partial charge in [-0.3, -0.25) is 4.79 Å². The Morgan fingerprint density at radius 1 is 1.26 bits per heavy atom. The summed E-state index contributed by atoms with van der Waals surface area (Å²) in [6.07, 6.45) is 0. The van der Waals surface area contributed by atoms with Gasteiger partial charge in [-0.2, -0.15) is 0 Å². The largest absolute Gasteiger partial charge is 0.508 e. The van der Waals surface area contributed by atoms with Crippen LogP contribution in [0.3, 0.4) is 0 Å². The maximum atomic E-state index is 11.9. The maximum Gasteiger partial charge on any atom is 0.352 e. The summed E-state index contributed by atoms with van der Waals surface area (Å²) in [4.78, 5) is 23.1. The van der Waals surface area contributed by atoms with Crippen molar-refractivity contribution < 1.29 is 15.0 Å². The first-order valence-electron chi connectivity index (χ1n) is 6.26. The Labute approximate surface area is 111 Å². The van der Waals surface area contributed by atoms with Crippen LogP contribution >= 0.6 is 0 Å². The number of aromatic carboxylic acids is 1. The number of nitrogens with zero attached hydrogens (tertiary/aromatic N) is 1. The van der Waals surface area contributed by atoms with Crippen molar-refractivity contribution in [2.75, 3.05) is 0 Å². The molecule has 1 heterocycles. The van der Waals surface area contributed by atoms with Crippen LogP contribution in [-0.4, -0.2) is 20.7 Å².